The predicted molar refractivity (Wildman–Crippen MR) is 73.6 cm³/mol. The Balaban J connectivity index is 1.87. The number of likely N-dealkylation sites (N-methyl/N-ethyl adjacent to an activating group) is 1. The molecule has 0 aromatic rings. The van der Waals surface area contributed by atoms with Crippen LogP contribution in [0.25, 0.3) is 0 Å². The van der Waals surface area contributed by atoms with Crippen LogP contribution >= 0.6 is 0 Å². The van der Waals surface area contributed by atoms with Gasteiger partial charge in [-0.2, -0.15) is 0 Å². The van der Waals surface area contributed by atoms with Crippen molar-refractivity contribution in [2.24, 2.45) is 5.41 Å². The van der Waals surface area contributed by atoms with Crippen molar-refractivity contribution in [3.05, 3.63) is 0 Å². The van der Waals surface area contributed by atoms with E-state index in [4.69, 9.17) is 0 Å². The molecule has 2 aliphatic rings. The smallest absolute Gasteiger partial charge is 0.241 e. The zero-order chi connectivity index (χ0) is 14.0. The lowest BCUT2D eigenvalue weighted by molar-refractivity contribution is -0.136. The van der Waals surface area contributed by atoms with Crippen LogP contribution in [0.1, 0.15) is 39.5 Å². The molecule has 1 heterocycles. The van der Waals surface area contributed by atoms with E-state index in [0.29, 0.717) is 18.0 Å². The van der Waals surface area contributed by atoms with Crippen LogP contribution in [0.3, 0.4) is 0 Å². The molecule has 0 spiro atoms. The fraction of sp³-hybridized carbons (Fsp3) is 0.857. The van der Waals surface area contributed by atoms with Crippen molar-refractivity contribution in [1.82, 2.24) is 15.5 Å². The van der Waals surface area contributed by atoms with Gasteiger partial charge >= 0.3 is 0 Å². The van der Waals surface area contributed by atoms with Crippen molar-refractivity contribution >= 4 is 11.8 Å². The lowest BCUT2D eigenvalue weighted by atomic mass is 9.75. The minimum Gasteiger partial charge on any atom is -0.353 e. The first-order valence-corrected chi connectivity index (χ1v) is 7.16. The maximum Gasteiger partial charge on any atom is 0.241 e. The summed E-state index contributed by atoms with van der Waals surface area (Å²) in [7, 11) is 1.89. The highest BCUT2D eigenvalue weighted by molar-refractivity contribution is 5.86. The van der Waals surface area contributed by atoms with Crippen molar-refractivity contribution in [3.8, 4) is 0 Å². The molecule has 1 atom stereocenters. The first-order chi connectivity index (χ1) is 8.89. The molecule has 5 heteroatoms. The van der Waals surface area contributed by atoms with Gasteiger partial charge in [0.2, 0.25) is 11.8 Å². The Morgan fingerprint density at radius 1 is 1.32 bits per heavy atom. The Hall–Kier alpha value is -1.10. The number of piperazine rings is 1. The summed E-state index contributed by atoms with van der Waals surface area (Å²) in [5, 5.41) is 5.74. The third-order valence-corrected chi connectivity index (χ3v) is 4.51. The van der Waals surface area contributed by atoms with Crippen molar-refractivity contribution in [2.75, 3.05) is 20.1 Å². The van der Waals surface area contributed by atoms with E-state index in [2.05, 4.69) is 24.5 Å². The third-order valence-electron chi connectivity index (χ3n) is 4.51. The molecule has 0 bridgehead atoms. The molecule has 2 amide bonds. The number of nitrogens with zero attached hydrogens (tertiary/aromatic N) is 1. The van der Waals surface area contributed by atoms with Gasteiger partial charge in [-0.25, -0.2) is 0 Å². The molecule has 0 aromatic carbocycles. The molecule has 0 aromatic heterocycles. The fourth-order valence-corrected chi connectivity index (χ4v) is 2.94. The zero-order valence-corrected chi connectivity index (χ0v) is 12.2. The molecule has 5 nitrogen and oxygen atoms in total. The van der Waals surface area contributed by atoms with Gasteiger partial charge in [0.05, 0.1) is 6.54 Å². The Bertz CT molecular complexity index is 348. The van der Waals surface area contributed by atoms with Gasteiger partial charge in [0.15, 0.2) is 0 Å². The van der Waals surface area contributed by atoms with Crippen molar-refractivity contribution in [2.45, 2.75) is 51.6 Å². The van der Waals surface area contributed by atoms with Crippen LogP contribution < -0.4 is 10.6 Å². The second-order valence-electron chi connectivity index (χ2n) is 6.58. The second-order valence-corrected chi connectivity index (χ2v) is 6.58. The highest BCUT2D eigenvalue weighted by Crippen LogP contribution is 2.36. The van der Waals surface area contributed by atoms with E-state index in [9.17, 15) is 9.59 Å². The van der Waals surface area contributed by atoms with E-state index < -0.39 is 0 Å². The zero-order valence-electron chi connectivity index (χ0n) is 12.2. The fourth-order valence-electron chi connectivity index (χ4n) is 2.94. The molecule has 108 valence electrons. The van der Waals surface area contributed by atoms with Gasteiger partial charge in [-0.05, 0) is 31.1 Å². The number of hydrogen-bond acceptors (Lipinski definition) is 3. The van der Waals surface area contributed by atoms with Gasteiger partial charge in [0.25, 0.3) is 0 Å². The van der Waals surface area contributed by atoms with Gasteiger partial charge in [0.1, 0.15) is 6.04 Å². The summed E-state index contributed by atoms with van der Waals surface area (Å²) >= 11 is 0. The minimum atomic E-state index is -0.266. The van der Waals surface area contributed by atoms with Crippen LogP contribution in [-0.4, -0.2) is 48.9 Å². The highest BCUT2D eigenvalue weighted by Gasteiger charge is 2.33. The molecular weight excluding hydrogens is 242 g/mol. The van der Waals surface area contributed by atoms with Crippen molar-refractivity contribution < 1.29 is 9.59 Å². The van der Waals surface area contributed by atoms with E-state index in [1.54, 1.807) is 0 Å². The standard InChI is InChI=1S/C14H25N3O2/c1-14(2)6-4-10(5-7-14)17(3)13(19)11-8-16-12(18)9-15-11/h10-11,15H,4-9H2,1-3H3,(H,16,18). The molecule has 2 rings (SSSR count). The summed E-state index contributed by atoms with van der Waals surface area (Å²) in [5.41, 5.74) is 0.414. The van der Waals surface area contributed by atoms with Crippen molar-refractivity contribution in [3.63, 3.8) is 0 Å². The van der Waals surface area contributed by atoms with Crippen LogP contribution in [-0.2, 0) is 9.59 Å². The monoisotopic (exact) mass is 267 g/mol. The van der Waals surface area contributed by atoms with Gasteiger partial charge in [-0.15, -0.1) is 0 Å². The molecule has 0 radical (unpaired) electrons. The van der Waals surface area contributed by atoms with E-state index >= 15 is 0 Å². The molecule has 19 heavy (non-hydrogen) atoms. The van der Waals surface area contributed by atoms with Crippen LogP contribution in [0.15, 0.2) is 0 Å². The lowest BCUT2D eigenvalue weighted by Crippen LogP contribution is -2.59. The molecule has 1 saturated carbocycles. The SMILES string of the molecule is CN(C(=O)C1CNC(=O)CN1)C1CCC(C)(C)CC1. The quantitative estimate of drug-likeness (QED) is 0.766. The normalized spacial score (nSPS) is 27.7. The van der Waals surface area contributed by atoms with Gasteiger partial charge in [0, 0.05) is 19.6 Å². The van der Waals surface area contributed by atoms with Gasteiger partial charge in [-0.3, -0.25) is 14.9 Å². The van der Waals surface area contributed by atoms with Crippen LogP contribution in [0.5, 0.6) is 0 Å². The van der Waals surface area contributed by atoms with Gasteiger partial charge < -0.3 is 10.2 Å². The Labute approximate surface area is 115 Å². The molecular formula is C14H25N3O2. The van der Waals surface area contributed by atoms with E-state index in [1.165, 1.54) is 12.8 Å². The lowest BCUT2D eigenvalue weighted by Gasteiger charge is -2.40. The summed E-state index contributed by atoms with van der Waals surface area (Å²) in [6, 6.07) is 0.0811. The maximum atomic E-state index is 12.4. The topological polar surface area (TPSA) is 61.4 Å². The Kier molecular flexibility index (Phi) is 4.13. The van der Waals surface area contributed by atoms with Crippen LogP contribution in [0, 0.1) is 5.41 Å². The maximum absolute atomic E-state index is 12.4. The average Bonchev–Trinajstić information content (AvgIpc) is 2.38. The molecule has 1 unspecified atom stereocenters. The summed E-state index contributed by atoms with van der Waals surface area (Å²) in [6.07, 6.45) is 4.50. The predicted octanol–water partition coefficient (Wildman–Crippen LogP) is 0.502. The van der Waals surface area contributed by atoms with E-state index in [-0.39, 0.29) is 24.4 Å². The molecule has 1 aliphatic heterocycles. The second kappa shape index (κ2) is 5.49. The molecule has 1 saturated heterocycles. The minimum absolute atomic E-state index is 0.0360. The summed E-state index contributed by atoms with van der Waals surface area (Å²) in [5.74, 6) is 0.0656. The first-order valence-electron chi connectivity index (χ1n) is 7.16. The molecule has 1 aliphatic carbocycles. The van der Waals surface area contributed by atoms with Gasteiger partial charge in [-0.1, -0.05) is 13.8 Å². The van der Waals surface area contributed by atoms with Crippen LogP contribution in [0.2, 0.25) is 0 Å². The highest BCUT2D eigenvalue weighted by atomic mass is 16.2. The summed E-state index contributed by atoms with van der Waals surface area (Å²) in [6.45, 7) is 5.23. The number of carbonyl (C=O) groups is 2. The van der Waals surface area contributed by atoms with Crippen LogP contribution in [0.4, 0.5) is 0 Å². The average molecular weight is 267 g/mol. The third kappa shape index (κ3) is 3.47. The van der Waals surface area contributed by atoms with E-state index in [1.807, 2.05) is 11.9 Å². The number of nitrogens with one attached hydrogen (secondary N) is 2. The Morgan fingerprint density at radius 2 is 1.95 bits per heavy atom. The number of rotatable bonds is 2. The Morgan fingerprint density at radius 3 is 2.47 bits per heavy atom. The number of carbonyl (C=O) groups excluding carboxylic acids is 2. The number of hydrogen-bond donors (Lipinski definition) is 2. The largest absolute Gasteiger partial charge is 0.353 e. The summed E-state index contributed by atoms with van der Waals surface area (Å²) in [4.78, 5) is 25.3. The van der Waals surface area contributed by atoms with E-state index in [0.717, 1.165) is 12.8 Å². The van der Waals surface area contributed by atoms with Crippen molar-refractivity contribution in [1.29, 1.82) is 0 Å². The summed E-state index contributed by atoms with van der Waals surface area (Å²) < 4.78 is 0. The first kappa shape index (κ1) is 14.3. The molecule has 2 N–H and O–H groups in total. The number of amides is 2. The molecule has 2 fully saturated rings.